The minimum atomic E-state index is 0.634. The van der Waals surface area contributed by atoms with Gasteiger partial charge in [-0.25, -0.2) is 4.85 Å². The van der Waals surface area contributed by atoms with Gasteiger partial charge >= 0.3 is 0 Å². The molecule has 0 aliphatic rings. The Hall–Kier alpha value is -7.93. The van der Waals surface area contributed by atoms with E-state index in [1.807, 2.05) is 18.2 Å². The highest BCUT2D eigenvalue weighted by atomic mass is 15.0. The summed E-state index contributed by atoms with van der Waals surface area (Å²) < 4.78 is 4.80. The number of fused-ring (bicyclic) bond motifs is 6. The molecule has 11 aromatic rings. The maximum Gasteiger partial charge on any atom is 0.187 e. The van der Waals surface area contributed by atoms with Crippen molar-refractivity contribution < 1.29 is 0 Å². The van der Waals surface area contributed by atoms with Gasteiger partial charge in [0.25, 0.3) is 0 Å². The largest absolute Gasteiger partial charge is 0.309 e. The van der Waals surface area contributed by atoms with Crippen LogP contribution in [0.15, 0.2) is 212 Å². The van der Waals surface area contributed by atoms with E-state index in [1.165, 1.54) is 54.8 Å². The summed E-state index contributed by atoms with van der Waals surface area (Å²) in [6.07, 6.45) is 0. The molecule has 58 heavy (non-hydrogen) atoms. The summed E-state index contributed by atoms with van der Waals surface area (Å²) in [4.78, 5) is 3.77. The van der Waals surface area contributed by atoms with Crippen LogP contribution in [0.25, 0.3) is 104 Å². The molecule has 0 spiro atoms. The number of benzene rings is 9. The molecule has 2 aromatic heterocycles. The van der Waals surface area contributed by atoms with E-state index in [9.17, 15) is 0 Å². The van der Waals surface area contributed by atoms with Gasteiger partial charge in [0.1, 0.15) is 0 Å². The topological polar surface area (TPSA) is 14.2 Å². The smallest absolute Gasteiger partial charge is 0.187 e. The van der Waals surface area contributed by atoms with Crippen LogP contribution < -0.4 is 0 Å². The first-order valence-electron chi connectivity index (χ1n) is 19.6. The van der Waals surface area contributed by atoms with Gasteiger partial charge in [0.15, 0.2) is 5.69 Å². The van der Waals surface area contributed by atoms with E-state index >= 15 is 0 Å². The van der Waals surface area contributed by atoms with Crippen LogP contribution in [0.1, 0.15) is 0 Å². The number of nitrogens with zero attached hydrogens (tertiary/aromatic N) is 3. The second-order valence-electron chi connectivity index (χ2n) is 14.8. The van der Waals surface area contributed by atoms with Crippen molar-refractivity contribution in [3.05, 3.63) is 224 Å². The molecular formula is C55H35N3. The van der Waals surface area contributed by atoms with E-state index in [0.717, 1.165) is 44.7 Å². The van der Waals surface area contributed by atoms with Crippen LogP contribution in [-0.2, 0) is 0 Å². The van der Waals surface area contributed by atoms with Crippen LogP contribution in [0.2, 0.25) is 0 Å². The molecule has 0 atom stereocenters. The van der Waals surface area contributed by atoms with Crippen molar-refractivity contribution >= 4 is 49.3 Å². The fourth-order valence-electron chi connectivity index (χ4n) is 8.89. The molecule has 0 aliphatic carbocycles. The second kappa shape index (κ2) is 13.7. The Labute approximate surface area is 336 Å². The maximum atomic E-state index is 7.74. The van der Waals surface area contributed by atoms with Gasteiger partial charge in [0, 0.05) is 32.8 Å². The lowest BCUT2D eigenvalue weighted by atomic mass is 9.96. The van der Waals surface area contributed by atoms with Gasteiger partial charge in [0.2, 0.25) is 0 Å². The van der Waals surface area contributed by atoms with Crippen LogP contribution in [0, 0.1) is 6.57 Å². The van der Waals surface area contributed by atoms with Crippen molar-refractivity contribution in [3.8, 4) is 55.9 Å². The van der Waals surface area contributed by atoms with Crippen LogP contribution in [0.3, 0.4) is 0 Å². The standard InChI is InChI=1S/C55H35N3/c1-56-43-19-12-18-42(34-43)46-22-13-25-54-55(46)49-36-41(29-33-53(49)57(54)44-30-26-38(27-31-44)37-14-4-2-5-15-37)40-28-32-52-48(35-40)47-21-9-11-24-51(47)58(52)50-23-10-8-20-45(50)39-16-6-3-7-17-39/h2-36H. The van der Waals surface area contributed by atoms with Crippen LogP contribution in [0.4, 0.5) is 5.69 Å². The van der Waals surface area contributed by atoms with E-state index in [-0.39, 0.29) is 0 Å². The molecule has 2 heterocycles. The molecule has 0 radical (unpaired) electrons. The van der Waals surface area contributed by atoms with Gasteiger partial charge in [-0.2, -0.15) is 0 Å². The highest BCUT2D eigenvalue weighted by Crippen LogP contribution is 2.43. The Morgan fingerprint density at radius 2 is 0.879 bits per heavy atom. The zero-order valence-corrected chi connectivity index (χ0v) is 31.5. The average Bonchev–Trinajstić information content (AvgIpc) is 3.82. The van der Waals surface area contributed by atoms with Crippen molar-refractivity contribution in [2.45, 2.75) is 0 Å². The number of hydrogen-bond acceptors (Lipinski definition) is 0. The SMILES string of the molecule is [C-]#[N+]c1cccc(-c2cccc3c2c2cc(-c4ccc5c(c4)c4ccccc4n5-c4ccccc4-c4ccccc4)ccc2n3-c2ccc(-c3ccccc3)cc2)c1. The first kappa shape index (κ1) is 33.4. The van der Waals surface area contributed by atoms with Crippen molar-refractivity contribution in [1.29, 1.82) is 0 Å². The summed E-state index contributed by atoms with van der Waals surface area (Å²) in [5.74, 6) is 0. The molecule has 3 heteroatoms. The normalized spacial score (nSPS) is 11.4. The molecule has 3 nitrogen and oxygen atoms in total. The quantitative estimate of drug-likeness (QED) is 0.151. The minimum absolute atomic E-state index is 0.634. The molecule has 0 bridgehead atoms. The molecular weight excluding hydrogens is 703 g/mol. The van der Waals surface area contributed by atoms with Crippen molar-refractivity contribution in [2.24, 2.45) is 0 Å². The molecule has 11 rings (SSSR count). The third-order valence-corrected chi connectivity index (χ3v) is 11.5. The highest BCUT2D eigenvalue weighted by molar-refractivity contribution is 6.17. The number of para-hydroxylation sites is 2. The monoisotopic (exact) mass is 737 g/mol. The van der Waals surface area contributed by atoms with E-state index < -0.39 is 0 Å². The van der Waals surface area contributed by atoms with Gasteiger partial charge in [-0.3, -0.25) is 0 Å². The van der Waals surface area contributed by atoms with Gasteiger partial charge in [0.05, 0.1) is 34.3 Å². The second-order valence-corrected chi connectivity index (χ2v) is 14.8. The van der Waals surface area contributed by atoms with Gasteiger partial charge < -0.3 is 9.13 Å². The number of aromatic nitrogens is 2. The number of rotatable bonds is 6. The van der Waals surface area contributed by atoms with Crippen molar-refractivity contribution in [2.75, 3.05) is 0 Å². The summed E-state index contributed by atoms with van der Waals surface area (Å²) in [6.45, 7) is 7.74. The Balaban J connectivity index is 1.12. The highest BCUT2D eigenvalue weighted by Gasteiger charge is 2.19. The predicted octanol–water partition coefficient (Wildman–Crippen LogP) is 15.1. The zero-order valence-electron chi connectivity index (χ0n) is 31.5. The van der Waals surface area contributed by atoms with E-state index in [2.05, 4.69) is 208 Å². The Morgan fingerprint density at radius 1 is 0.328 bits per heavy atom. The fraction of sp³-hybridized carbons (Fsp3) is 0. The molecule has 0 aliphatic heterocycles. The molecule has 270 valence electrons. The molecule has 0 N–H and O–H groups in total. The van der Waals surface area contributed by atoms with Crippen LogP contribution in [-0.4, -0.2) is 9.13 Å². The minimum Gasteiger partial charge on any atom is -0.309 e. The lowest BCUT2D eigenvalue weighted by molar-refractivity contribution is 1.18. The lowest BCUT2D eigenvalue weighted by Crippen LogP contribution is -1.97. The van der Waals surface area contributed by atoms with Crippen LogP contribution >= 0.6 is 0 Å². The van der Waals surface area contributed by atoms with Gasteiger partial charge in [-0.1, -0.05) is 152 Å². The summed E-state index contributed by atoms with van der Waals surface area (Å²) in [7, 11) is 0. The maximum absolute atomic E-state index is 7.74. The van der Waals surface area contributed by atoms with E-state index in [4.69, 9.17) is 6.57 Å². The summed E-state index contributed by atoms with van der Waals surface area (Å²) in [5, 5.41) is 4.78. The third-order valence-electron chi connectivity index (χ3n) is 11.5. The first-order valence-corrected chi connectivity index (χ1v) is 19.6. The van der Waals surface area contributed by atoms with E-state index in [1.54, 1.807) is 0 Å². The predicted molar refractivity (Wildman–Crippen MR) is 243 cm³/mol. The summed E-state index contributed by atoms with van der Waals surface area (Å²) in [5.41, 5.74) is 16.7. The van der Waals surface area contributed by atoms with Gasteiger partial charge in [-0.05, 0) is 99.6 Å². The molecule has 0 saturated carbocycles. The summed E-state index contributed by atoms with van der Waals surface area (Å²) in [6, 6.07) is 75.8. The Bertz CT molecular complexity index is 3380. The lowest BCUT2D eigenvalue weighted by Gasteiger charge is -2.14. The van der Waals surface area contributed by atoms with Crippen molar-refractivity contribution in [3.63, 3.8) is 0 Å². The molecule has 0 amide bonds. The number of hydrogen-bond donors (Lipinski definition) is 0. The summed E-state index contributed by atoms with van der Waals surface area (Å²) >= 11 is 0. The Morgan fingerprint density at radius 3 is 1.66 bits per heavy atom. The molecule has 0 unspecified atom stereocenters. The molecule has 0 saturated heterocycles. The molecule has 9 aromatic carbocycles. The molecule has 0 fully saturated rings. The van der Waals surface area contributed by atoms with E-state index in [0.29, 0.717) is 5.69 Å². The van der Waals surface area contributed by atoms with Gasteiger partial charge in [-0.15, -0.1) is 0 Å². The first-order chi connectivity index (χ1) is 28.7. The Kier molecular flexibility index (Phi) is 7.88. The fourth-order valence-corrected chi connectivity index (χ4v) is 8.89. The van der Waals surface area contributed by atoms with Crippen LogP contribution in [0.5, 0.6) is 0 Å². The average molecular weight is 738 g/mol. The third kappa shape index (κ3) is 5.43. The van der Waals surface area contributed by atoms with Crippen molar-refractivity contribution in [1.82, 2.24) is 9.13 Å². The zero-order chi connectivity index (χ0) is 38.6.